The zero-order chi connectivity index (χ0) is 10.4. The Kier molecular flexibility index (Phi) is 8.71. The third kappa shape index (κ3) is 9.33. The molecular weight excluding hydrogens is 282 g/mol. The highest BCUT2D eigenvalue weighted by molar-refractivity contribution is 6.51. The van der Waals surface area contributed by atoms with Crippen molar-refractivity contribution in [3.05, 3.63) is 0 Å². The molecule has 0 aliphatic heterocycles. The summed E-state index contributed by atoms with van der Waals surface area (Å²) in [6, 6.07) is 0. The Bertz CT molecular complexity index is 92.2. The van der Waals surface area contributed by atoms with Crippen molar-refractivity contribution in [3.8, 4) is 0 Å². The van der Waals surface area contributed by atoms with Gasteiger partial charge in [-0.05, 0) is 11.6 Å². The van der Waals surface area contributed by atoms with Gasteiger partial charge in [-0.1, -0.05) is 23.2 Å². The molecule has 0 radical (unpaired) electrons. The fourth-order valence-corrected chi connectivity index (χ4v) is 0. The van der Waals surface area contributed by atoms with Gasteiger partial charge < -0.3 is 0 Å². The Morgan fingerprint density at radius 2 is 1.00 bits per heavy atom. The van der Waals surface area contributed by atoms with E-state index in [2.05, 4.69) is 34.8 Å². The first kappa shape index (κ1) is 15.7. The molecule has 0 bridgehead atoms. The zero-order valence-corrected chi connectivity index (χ0v) is 9.22. The van der Waals surface area contributed by atoms with Crippen LogP contribution in [0.15, 0.2) is 0 Å². The second kappa shape index (κ2) is 6.66. The fourth-order valence-electron chi connectivity index (χ4n) is 0. The molecule has 0 aliphatic carbocycles. The van der Waals surface area contributed by atoms with Crippen LogP contribution in [0.5, 0.6) is 0 Å². The topological polar surface area (TPSA) is 0 Å². The second-order valence-corrected chi connectivity index (χ2v) is 3.84. The predicted octanol–water partition coefficient (Wildman–Crippen LogP) is 4.38. The largest absolute Gasteiger partial charge is 0.383 e. The van der Waals surface area contributed by atoms with Crippen LogP contribution in [0.25, 0.3) is 0 Å². The number of hydrogen-bond donors (Lipinski definition) is 0. The van der Waals surface area contributed by atoms with E-state index in [1.807, 2.05) is 0 Å². The van der Waals surface area contributed by atoms with Crippen LogP contribution in [0.4, 0.5) is 13.2 Å². The standard InChI is InChI=1S/C2Cl3F3.C2H4Cl2/c3-1(4,6)2(5,7)8;3-1-2-4/h;1-2H2. The van der Waals surface area contributed by atoms with Gasteiger partial charge in [0.2, 0.25) is 0 Å². The highest BCUT2D eigenvalue weighted by atomic mass is 35.5. The van der Waals surface area contributed by atoms with Crippen LogP contribution in [0.1, 0.15) is 0 Å². The smallest absolute Gasteiger partial charge is 0.199 e. The number of halogens is 8. The summed E-state index contributed by atoms with van der Waals surface area (Å²) >= 11 is 22.6. The van der Waals surface area contributed by atoms with Crippen LogP contribution in [0, 0.1) is 0 Å². The van der Waals surface area contributed by atoms with Crippen LogP contribution in [0.2, 0.25) is 0 Å². The lowest BCUT2D eigenvalue weighted by Gasteiger charge is -2.13. The molecule has 0 saturated heterocycles. The van der Waals surface area contributed by atoms with Crippen LogP contribution in [-0.2, 0) is 0 Å². The first-order valence-corrected chi connectivity index (χ1v) is 4.62. The van der Waals surface area contributed by atoms with Crippen molar-refractivity contribution in [2.75, 3.05) is 11.8 Å². The van der Waals surface area contributed by atoms with Crippen molar-refractivity contribution in [2.24, 2.45) is 0 Å². The molecule has 0 spiro atoms. The van der Waals surface area contributed by atoms with Gasteiger partial charge >= 0.3 is 9.97 Å². The van der Waals surface area contributed by atoms with Crippen molar-refractivity contribution in [1.29, 1.82) is 0 Å². The average Bonchev–Trinajstić information content (AvgIpc) is 1.84. The highest BCUT2D eigenvalue weighted by Crippen LogP contribution is 2.42. The molecule has 12 heavy (non-hydrogen) atoms. The lowest BCUT2D eigenvalue weighted by molar-refractivity contribution is 0.0241. The molecule has 0 heterocycles. The summed E-state index contributed by atoms with van der Waals surface area (Å²) in [6.07, 6.45) is 0. The van der Waals surface area contributed by atoms with Gasteiger partial charge in [0.15, 0.2) is 0 Å². The van der Waals surface area contributed by atoms with E-state index in [-0.39, 0.29) is 0 Å². The van der Waals surface area contributed by atoms with Gasteiger partial charge in [0.1, 0.15) is 0 Å². The molecule has 0 unspecified atom stereocenters. The SMILES string of the molecule is ClCCCl.FC(F)(Cl)C(F)(Cl)Cl. The maximum atomic E-state index is 11.5. The fraction of sp³-hybridized carbons (Fsp3) is 1.00. The molecule has 0 N–H and O–H groups in total. The van der Waals surface area contributed by atoms with E-state index in [0.29, 0.717) is 11.8 Å². The third-order valence-electron chi connectivity index (χ3n) is 0.393. The molecule has 0 aromatic heterocycles. The molecule has 0 rings (SSSR count). The second-order valence-electron chi connectivity index (χ2n) is 1.37. The Morgan fingerprint density at radius 1 is 0.833 bits per heavy atom. The molecule has 0 aromatic carbocycles. The van der Waals surface area contributed by atoms with E-state index in [1.54, 1.807) is 0 Å². The molecule has 0 atom stereocenters. The summed E-state index contributed by atoms with van der Waals surface area (Å²) in [5, 5.41) is -4.23. The summed E-state index contributed by atoms with van der Waals surface area (Å²) < 4.78 is 30.6. The molecule has 76 valence electrons. The van der Waals surface area contributed by atoms with Gasteiger partial charge in [0.05, 0.1) is 0 Å². The van der Waals surface area contributed by atoms with Crippen molar-refractivity contribution >= 4 is 58.0 Å². The minimum Gasteiger partial charge on any atom is -0.199 e. The lowest BCUT2D eigenvalue weighted by Crippen LogP contribution is -2.27. The number of hydrogen-bond acceptors (Lipinski definition) is 0. The molecule has 0 fully saturated rings. The van der Waals surface area contributed by atoms with E-state index in [0.717, 1.165) is 0 Å². The lowest BCUT2D eigenvalue weighted by atomic mass is 10.8. The Hall–Kier alpha value is 1.24. The number of rotatable bonds is 2. The Labute approximate surface area is 92.9 Å². The highest BCUT2D eigenvalue weighted by Gasteiger charge is 2.51. The van der Waals surface area contributed by atoms with Gasteiger partial charge in [0, 0.05) is 11.8 Å². The molecule has 0 aromatic rings. The summed E-state index contributed by atoms with van der Waals surface area (Å²) in [6.45, 7) is 0. The summed E-state index contributed by atoms with van der Waals surface area (Å²) in [4.78, 5) is 0. The maximum Gasteiger partial charge on any atom is 0.383 e. The van der Waals surface area contributed by atoms with E-state index in [1.165, 1.54) is 0 Å². The molecule has 0 aliphatic rings. The third-order valence-corrected chi connectivity index (χ3v) is 1.89. The molecule has 0 nitrogen and oxygen atoms in total. The van der Waals surface area contributed by atoms with E-state index in [4.69, 9.17) is 23.2 Å². The van der Waals surface area contributed by atoms with Crippen molar-refractivity contribution in [2.45, 2.75) is 9.97 Å². The minimum atomic E-state index is -4.23. The van der Waals surface area contributed by atoms with Crippen LogP contribution in [-0.4, -0.2) is 21.7 Å². The zero-order valence-electron chi connectivity index (χ0n) is 5.44. The van der Waals surface area contributed by atoms with Crippen molar-refractivity contribution < 1.29 is 13.2 Å². The van der Waals surface area contributed by atoms with E-state index in [9.17, 15) is 13.2 Å². The van der Waals surface area contributed by atoms with Crippen LogP contribution < -0.4 is 0 Å². The maximum absolute atomic E-state index is 11.5. The van der Waals surface area contributed by atoms with E-state index >= 15 is 0 Å². The summed E-state index contributed by atoms with van der Waals surface area (Å²) in [7, 11) is 0. The minimum absolute atomic E-state index is 0.557. The summed E-state index contributed by atoms with van der Waals surface area (Å²) in [5.74, 6) is 1.11. The van der Waals surface area contributed by atoms with Gasteiger partial charge in [-0.3, -0.25) is 0 Å². The first-order chi connectivity index (χ1) is 5.16. The monoisotopic (exact) mass is 284 g/mol. The molecular formula is C4H4Cl5F3. The summed E-state index contributed by atoms with van der Waals surface area (Å²) in [5.41, 5.74) is 0. The quantitative estimate of drug-likeness (QED) is 0.661. The average molecular weight is 286 g/mol. The van der Waals surface area contributed by atoms with Crippen molar-refractivity contribution in [3.63, 3.8) is 0 Å². The Balaban J connectivity index is 0. The van der Waals surface area contributed by atoms with Crippen molar-refractivity contribution in [1.82, 2.24) is 0 Å². The first-order valence-electron chi connectivity index (χ1n) is 2.42. The number of alkyl halides is 8. The molecule has 8 heteroatoms. The van der Waals surface area contributed by atoms with E-state index < -0.39 is 9.97 Å². The van der Waals surface area contributed by atoms with Gasteiger partial charge in [-0.15, -0.1) is 23.2 Å². The van der Waals surface area contributed by atoms with Gasteiger partial charge in [-0.25, -0.2) is 0 Å². The van der Waals surface area contributed by atoms with Crippen LogP contribution in [0.3, 0.4) is 0 Å². The Morgan fingerprint density at radius 3 is 1.00 bits per heavy atom. The van der Waals surface area contributed by atoms with Crippen LogP contribution >= 0.6 is 58.0 Å². The van der Waals surface area contributed by atoms with Gasteiger partial charge in [0.25, 0.3) is 0 Å². The molecule has 0 saturated carbocycles. The predicted molar refractivity (Wildman–Crippen MR) is 47.8 cm³/mol. The normalized spacial score (nSPS) is 12.0. The molecule has 0 amide bonds. The van der Waals surface area contributed by atoms with Gasteiger partial charge in [-0.2, -0.15) is 13.2 Å².